The molecule has 6 heteroatoms. The summed E-state index contributed by atoms with van der Waals surface area (Å²) in [6.07, 6.45) is 0.392. The Balaban J connectivity index is 2.58. The van der Waals surface area contributed by atoms with Gasteiger partial charge in [0.15, 0.2) is 0 Å². The molecule has 0 spiro atoms. The van der Waals surface area contributed by atoms with Gasteiger partial charge in [-0.1, -0.05) is 12.1 Å². The molecule has 0 heterocycles. The molecule has 1 atom stereocenters. The maximum atomic E-state index is 12.0. The van der Waals surface area contributed by atoms with Gasteiger partial charge in [-0.25, -0.2) is 0 Å². The van der Waals surface area contributed by atoms with Crippen molar-refractivity contribution >= 4 is 11.8 Å². The number of nitrogens with one attached hydrogen (secondary N) is 1. The third-order valence-corrected chi connectivity index (χ3v) is 2.81. The first-order valence-corrected chi connectivity index (χ1v) is 6.33. The molecular weight excluding hydrogens is 258 g/mol. The van der Waals surface area contributed by atoms with E-state index in [1.807, 2.05) is 0 Å². The lowest BCUT2D eigenvalue weighted by Crippen LogP contribution is -2.52. The number of rotatable bonds is 6. The third kappa shape index (κ3) is 5.27. The van der Waals surface area contributed by atoms with Crippen molar-refractivity contribution in [2.45, 2.75) is 38.3 Å². The lowest BCUT2D eigenvalue weighted by Gasteiger charge is -2.26. The van der Waals surface area contributed by atoms with Gasteiger partial charge < -0.3 is 21.9 Å². The largest absolute Gasteiger partial charge is 0.508 e. The molecule has 0 aromatic heterocycles. The number of hydrogen-bond acceptors (Lipinski definition) is 4. The first-order chi connectivity index (χ1) is 9.19. The second-order valence-corrected chi connectivity index (χ2v) is 5.49. The minimum atomic E-state index is -0.730. The van der Waals surface area contributed by atoms with Crippen molar-refractivity contribution in [3.63, 3.8) is 0 Å². The molecule has 6 nitrogen and oxygen atoms in total. The summed E-state index contributed by atoms with van der Waals surface area (Å²) in [5, 5.41) is 11.9. The predicted octanol–water partition coefficient (Wildman–Crippen LogP) is 0.0322. The third-order valence-electron chi connectivity index (χ3n) is 2.81. The molecule has 0 aliphatic rings. The van der Waals surface area contributed by atoms with Gasteiger partial charge in [-0.2, -0.15) is 0 Å². The normalized spacial score (nSPS) is 12.8. The van der Waals surface area contributed by atoms with E-state index in [1.54, 1.807) is 26.0 Å². The van der Waals surface area contributed by atoms with E-state index in [1.165, 1.54) is 12.1 Å². The van der Waals surface area contributed by atoms with Crippen LogP contribution in [0.4, 0.5) is 0 Å². The van der Waals surface area contributed by atoms with Crippen LogP contribution in [-0.2, 0) is 16.0 Å². The number of primary amides is 1. The summed E-state index contributed by atoms with van der Waals surface area (Å²) in [4.78, 5) is 22.9. The molecule has 2 amide bonds. The van der Waals surface area contributed by atoms with Crippen LogP contribution in [-0.4, -0.2) is 28.5 Å². The van der Waals surface area contributed by atoms with Crippen LogP contribution in [0.5, 0.6) is 5.75 Å². The highest BCUT2D eigenvalue weighted by atomic mass is 16.3. The van der Waals surface area contributed by atoms with Crippen molar-refractivity contribution < 1.29 is 14.7 Å². The van der Waals surface area contributed by atoms with Gasteiger partial charge >= 0.3 is 0 Å². The first-order valence-electron chi connectivity index (χ1n) is 6.33. The number of carbonyl (C=O) groups excluding carboxylic acids is 2. The highest BCUT2D eigenvalue weighted by Gasteiger charge is 2.25. The Morgan fingerprint density at radius 1 is 1.30 bits per heavy atom. The molecule has 0 aliphatic carbocycles. The van der Waals surface area contributed by atoms with Crippen molar-refractivity contribution in [3.05, 3.63) is 29.8 Å². The Kier molecular flexibility index (Phi) is 5.10. The quantitative estimate of drug-likeness (QED) is 0.587. The van der Waals surface area contributed by atoms with Crippen LogP contribution in [0.15, 0.2) is 24.3 Å². The average Bonchev–Trinajstić information content (AvgIpc) is 2.29. The number of hydrogen-bond donors (Lipinski definition) is 4. The van der Waals surface area contributed by atoms with E-state index in [9.17, 15) is 14.7 Å². The van der Waals surface area contributed by atoms with E-state index in [0.717, 1.165) is 5.56 Å². The van der Waals surface area contributed by atoms with Gasteiger partial charge in [0.05, 0.1) is 6.04 Å². The summed E-state index contributed by atoms with van der Waals surface area (Å²) in [7, 11) is 0. The Hall–Kier alpha value is -2.08. The number of amides is 2. The minimum Gasteiger partial charge on any atom is -0.508 e. The zero-order valence-electron chi connectivity index (χ0n) is 11.7. The van der Waals surface area contributed by atoms with E-state index in [-0.39, 0.29) is 18.1 Å². The second-order valence-electron chi connectivity index (χ2n) is 5.49. The fraction of sp³-hybridized carbons (Fsp3) is 0.429. The van der Waals surface area contributed by atoms with Crippen molar-refractivity contribution in [2.75, 3.05) is 0 Å². The highest BCUT2D eigenvalue weighted by Crippen LogP contribution is 2.12. The molecule has 0 bridgehead atoms. The molecule has 1 aromatic carbocycles. The van der Waals surface area contributed by atoms with Crippen LogP contribution < -0.4 is 16.8 Å². The van der Waals surface area contributed by atoms with E-state index in [2.05, 4.69) is 5.32 Å². The second kappa shape index (κ2) is 6.38. The van der Waals surface area contributed by atoms with Gasteiger partial charge in [-0.15, -0.1) is 0 Å². The smallest absolute Gasteiger partial charge is 0.237 e. The maximum Gasteiger partial charge on any atom is 0.237 e. The van der Waals surface area contributed by atoms with E-state index in [4.69, 9.17) is 11.5 Å². The van der Waals surface area contributed by atoms with Gasteiger partial charge in [-0.3, -0.25) is 9.59 Å². The summed E-state index contributed by atoms with van der Waals surface area (Å²) in [5.41, 5.74) is 11.1. The van der Waals surface area contributed by atoms with Gasteiger partial charge in [0.1, 0.15) is 5.75 Å². The highest BCUT2D eigenvalue weighted by molar-refractivity contribution is 5.83. The summed E-state index contributed by atoms with van der Waals surface area (Å²) in [6.45, 7) is 3.42. The Labute approximate surface area is 118 Å². The van der Waals surface area contributed by atoms with Gasteiger partial charge in [0.2, 0.25) is 11.8 Å². The van der Waals surface area contributed by atoms with Gasteiger partial charge in [-0.05, 0) is 38.0 Å². The molecular formula is C14H21N3O3. The first kappa shape index (κ1) is 16.0. The molecule has 0 radical (unpaired) electrons. The van der Waals surface area contributed by atoms with Crippen LogP contribution in [0.1, 0.15) is 25.8 Å². The lowest BCUT2D eigenvalue weighted by atomic mass is 9.98. The molecule has 6 N–H and O–H groups in total. The van der Waals surface area contributed by atoms with Crippen LogP contribution in [0.2, 0.25) is 0 Å². The van der Waals surface area contributed by atoms with Crippen molar-refractivity contribution in [3.8, 4) is 5.75 Å². The van der Waals surface area contributed by atoms with Crippen LogP contribution >= 0.6 is 0 Å². The molecule has 0 fully saturated rings. The molecule has 0 saturated heterocycles. The number of nitrogens with two attached hydrogens (primary N) is 2. The molecule has 0 saturated carbocycles. The fourth-order valence-electron chi connectivity index (χ4n) is 1.88. The Morgan fingerprint density at radius 2 is 1.85 bits per heavy atom. The van der Waals surface area contributed by atoms with E-state index >= 15 is 0 Å². The molecule has 1 rings (SSSR count). The standard InChI is InChI=1S/C14H21N3O3/c1-14(2,8-12(16)19)17-13(20)11(15)7-9-3-5-10(18)6-4-9/h3-6,11,18H,7-8,15H2,1-2H3,(H2,16,19)(H,17,20). The van der Waals surface area contributed by atoms with Gasteiger partial charge in [0, 0.05) is 12.0 Å². The molecule has 20 heavy (non-hydrogen) atoms. The molecule has 110 valence electrons. The Morgan fingerprint density at radius 3 is 2.35 bits per heavy atom. The fourth-order valence-corrected chi connectivity index (χ4v) is 1.88. The number of phenols is 1. The van der Waals surface area contributed by atoms with Crippen molar-refractivity contribution in [1.29, 1.82) is 0 Å². The maximum absolute atomic E-state index is 12.0. The van der Waals surface area contributed by atoms with Crippen molar-refractivity contribution in [2.24, 2.45) is 11.5 Å². The summed E-state index contributed by atoms with van der Waals surface area (Å²) in [5.74, 6) is -0.666. The lowest BCUT2D eigenvalue weighted by molar-refractivity contribution is -0.125. The van der Waals surface area contributed by atoms with Crippen LogP contribution in [0.25, 0.3) is 0 Å². The van der Waals surface area contributed by atoms with Crippen molar-refractivity contribution in [1.82, 2.24) is 5.32 Å². The van der Waals surface area contributed by atoms with Gasteiger partial charge in [0.25, 0.3) is 0 Å². The monoisotopic (exact) mass is 279 g/mol. The van der Waals surface area contributed by atoms with E-state index in [0.29, 0.717) is 6.42 Å². The van der Waals surface area contributed by atoms with Crippen LogP contribution in [0.3, 0.4) is 0 Å². The zero-order chi connectivity index (χ0) is 15.3. The Bertz CT molecular complexity index is 483. The predicted molar refractivity (Wildman–Crippen MR) is 75.8 cm³/mol. The zero-order valence-corrected chi connectivity index (χ0v) is 11.7. The molecule has 1 aromatic rings. The average molecular weight is 279 g/mol. The number of aromatic hydroxyl groups is 1. The topological polar surface area (TPSA) is 118 Å². The SMILES string of the molecule is CC(C)(CC(N)=O)NC(=O)C(N)Cc1ccc(O)cc1. The number of benzene rings is 1. The minimum absolute atomic E-state index is 0.0463. The number of carbonyl (C=O) groups is 2. The molecule has 0 aliphatic heterocycles. The summed E-state index contributed by atoms with van der Waals surface area (Å²) >= 11 is 0. The summed E-state index contributed by atoms with van der Waals surface area (Å²) in [6, 6.07) is 5.76. The van der Waals surface area contributed by atoms with E-state index < -0.39 is 17.5 Å². The summed E-state index contributed by atoms with van der Waals surface area (Å²) < 4.78 is 0. The molecule has 1 unspecified atom stereocenters. The number of phenolic OH excluding ortho intramolecular Hbond substituents is 1. The van der Waals surface area contributed by atoms with Crippen LogP contribution in [0, 0.1) is 0 Å².